The van der Waals surface area contributed by atoms with Gasteiger partial charge in [-0.2, -0.15) is 13.2 Å². The summed E-state index contributed by atoms with van der Waals surface area (Å²) in [6.07, 6.45) is -9.37. The van der Waals surface area contributed by atoms with Gasteiger partial charge < -0.3 is 20.1 Å². The lowest BCUT2D eigenvalue weighted by Crippen LogP contribution is -2.38. The second-order valence-electron chi connectivity index (χ2n) is 6.02. The summed E-state index contributed by atoms with van der Waals surface area (Å²) in [5.74, 6) is 0. The van der Waals surface area contributed by atoms with Gasteiger partial charge in [-0.25, -0.2) is 4.79 Å². The Morgan fingerprint density at radius 3 is 2.48 bits per heavy atom. The molecule has 4 N–H and O–H groups in total. The average molecular weight is 388 g/mol. The summed E-state index contributed by atoms with van der Waals surface area (Å²) in [5, 5.41) is 29.0. The van der Waals surface area contributed by atoms with Crippen molar-refractivity contribution in [1.29, 1.82) is 0 Å². The standard InChI is InChI=1S/C16H15F3N2O6/c17-16(18,19)8-3-1-2-7(4-8)9-5-21(15(26)20-13(9)25)14-12(24)11(23)10(6-22)27-14/h1-5,10-12,14,22-24H,6H2,(H,20,25,26)/t10-,11-,12-,14-/m1/s1. The van der Waals surface area contributed by atoms with E-state index in [0.29, 0.717) is 0 Å². The lowest BCUT2D eigenvalue weighted by molar-refractivity contribution is -0.137. The van der Waals surface area contributed by atoms with Crippen molar-refractivity contribution in [2.24, 2.45) is 0 Å². The van der Waals surface area contributed by atoms with Crippen LogP contribution in [0.3, 0.4) is 0 Å². The van der Waals surface area contributed by atoms with Gasteiger partial charge in [0.25, 0.3) is 5.56 Å². The summed E-state index contributed by atoms with van der Waals surface area (Å²) in [5.41, 5.74) is -3.28. The normalized spacial score (nSPS) is 25.7. The number of nitrogens with one attached hydrogen (secondary N) is 1. The Kier molecular flexibility index (Phi) is 4.95. The van der Waals surface area contributed by atoms with Crippen molar-refractivity contribution >= 4 is 0 Å². The van der Waals surface area contributed by atoms with Crippen LogP contribution in [-0.2, 0) is 10.9 Å². The molecule has 27 heavy (non-hydrogen) atoms. The van der Waals surface area contributed by atoms with Gasteiger partial charge in [0.15, 0.2) is 6.23 Å². The van der Waals surface area contributed by atoms with Crippen LogP contribution >= 0.6 is 0 Å². The van der Waals surface area contributed by atoms with Crippen molar-refractivity contribution in [2.45, 2.75) is 30.7 Å². The first-order chi connectivity index (χ1) is 12.6. The van der Waals surface area contributed by atoms with E-state index < -0.39 is 54.1 Å². The fourth-order valence-corrected chi connectivity index (χ4v) is 2.85. The second-order valence-corrected chi connectivity index (χ2v) is 6.02. The van der Waals surface area contributed by atoms with Crippen LogP contribution in [0.5, 0.6) is 0 Å². The highest BCUT2D eigenvalue weighted by atomic mass is 19.4. The molecule has 0 bridgehead atoms. The van der Waals surface area contributed by atoms with Crippen LogP contribution in [0.25, 0.3) is 11.1 Å². The maximum absolute atomic E-state index is 12.9. The number of benzene rings is 1. The Balaban J connectivity index is 2.09. The second kappa shape index (κ2) is 6.93. The predicted molar refractivity (Wildman–Crippen MR) is 84.8 cm³/mol. The topological polar surface area (TPSA) is 125 Å². The first-order valence-electron chi connectivity index (χ1n) is 7.79. The first kappa shape index (κ1) is 19.3. The van der Waals surface area contributed by atoms with Crippen molar-refractivity contribution in [3.8, 4) is 11.1 Å². The summed E-state index contributed by atoms with van der Waals surface area (Å²) >= 11 is 0. The number of aliphatic hydroxyl groups excluding tert-OH is 3. The molecule has 4 atom stereocenters. The smallest absolute Gasteiger partial charge is 0.394 e. The number of hydrogen-bond acceptors (Lipinski definition) is 6. The third-order valence-corrected chi connectivity index (χ3v) is 4.26. The van der Waals surface area contributed by atoms with Gasteiger partial charge in [0.05, 0.1) is 17.7 Å². The van der Waals surface area contributed by atoms with E-state index in [2.05, 4.69) is 0 Å². The highest BCUT2D eigenvalue weighted by Crippen LogP contribution is 2.32. The zero-order chi connectivity index (χ0) is 19.9. The molecular formula is C16H15F3N2O6. The molecule has 1 aliphatic heterocycles. The molecule has 1 aromatic carbocycles. The van der Waals surface area contributed by atoms with Crippen molar-refractivity contribution < 1.29 is 33.2 Å². The maximum Gasteiger partial charge on any atom is 0.416 e. The van der Waals surface area contributed by atoms with E-state index in [4.69, 9.17) is 9.84 Å². The molecule has 0 spiro atoms. The number of halogens is 3. The summed E-state index contributed by atoms with van der Waals surface area (Å²) in [6, 6.07) is 3.95. The van der Waals surface area contributed by atoms with Gasteiger partial charge in [-0.15, -0.1) is 0 Å². The molecule has 0 radical (unpaired) electrons. The fourth-order valence-electron chi connectivity index (χ4n) is 2.85. The molecule has 0 unspecified atom stereocenters. The van der Waals surface area contributed by atoms with Crippen molar-refractivity contribution in [3.63, 3.8) is 0 Å². The van der Waals surface area contributed by atoms with Gasteiger partial charge in [-0.3, -0.25) is 14.3 Å². The Hall–Kier alpha value is -2.47. The van der Waals surface area contributed by atoms with Gasteiger partial charge in [0, 0.05) is 6.20 Å². The summed E-state index contributed by atoms with van der Waals surface area (Å²) in [4.78, 5) is 26.1. The highest BCUT2D eigenvalue weighted by Gasteiger charge is 2.44. The zero-order valence-electron chi connectivity index (χ0n) is 13.6. The Morgan fingerprint density at radius 1 is 1.19 bits per heavy atom. The monoisotopic (exact) mass is 388 g/mol. The number of aromatic amines is 1. The van der Waals surface area contributed by atoms with Crippen LogP contribution in [-0.4, -0.2) is 49.8 Å². The maximum atomic E-state index is 12.9. The largest absolute Gasteiger partial charge is 0.416 e. The van der Waals surface area contributed by atoms with Crippen LogP contribution in [0, 0.1) is 0 Å². The van der Waals surface area contributed by atoms with E-state index in [1.807, 2.05) is 4.98 Å². The molecule has 1 aliphatic rings. The first-order valence-corrected chi connectivity index (χ1v) is 7.79. The SMILES string of the molecule is O=c1[nH]c(=O)n([C@@H]2O[C@H](CO)[C@@H](O)[C@H]2O)cc1-c1cccc(C(F)(F)F)c1. The highest BCUT2D eigenvalue weighted by molar-refractivity contribution is 5.62. The van der Waals surface area contributed by atoms with Gasteiger partial charge in [-0.1, -0.05) is 12.1 Å². The van der Waals surface area contributed by atoms with Gasteiger partial charge in [0.1, 0.15) is 18.3 Å². The van der Waals surface area contributed by atoms with Crippen LogP contribution in [0.1, 0.15) is 11.8 Å². The molecule has 146 valence electrons. The fraction of sp³-hybridized carbons (Fsp3) is 0.375. The third kappa shape index (κ3) is 3.54. The Labute approximate surface area is 149 Å². The molecule has 1 saturated heterocycles. The van der Waals surface area contributed by atoms with Crippen molar-refractivity contribution in [3.05, 3.63) is 56.9 Å². The predicted octanol–water partition coefficient (Wildman–Crippen LogP) is -0.166. The van der Waals surface area contributed by atoms with E-state index in [9.17, 15) is 33.0 Å². The number of rotatable bonds is 3. The van der Waals surface area contributed by atoms with Crippen molar-refractivity contribution in [2.75, 3.05) is 6.61 Å². The van der Waals surface area contributed by atoms with Gasteiger partial charge >= 0.3 is 11.9 Å². The number of nitrogens with zero attached hydrogens (tertiary/aromatic N) is 1. The molecule has 8 nitrogen and oxygen atoms in total. The van der Waals surface area contributed by atoms with Crippen molar-refractivity contribution in [1.82, 2.24) is 9.55 Å². The van der Waals surface area contributed by atoms with E-state index in [1.165, 1.54) is 6.07 Å². The molecule has 2 aromatic rings. The molecule has 3 rings (SSSR count). The summed E-state index contributed by atoms with van der Waals surface area (Å²) in [6.45, 7) is -0.632. The molecule has 1 aromatic heterocycles. The Bertz CT molecular complexity index is 954. The van der Waals surface area contributed by atoms with E-state index in [-0.39, 0.29) is 11.1 Å². The number of H-pyrrole nitrogens is 1. The van der Waals surface area contributed by atoms with E-state index in [0.717, 1.165) is 29.0 Å². The summed E-state index contributed by atoms with van der Waals surface area (Å²) < 4.78 is 44.7. The number of aromatic nitrogens is 2. The summed E-state index contributed by atoms with van der Waals surface area (Å²) in [7, 11) is 0. The average Bonchev–Trinajstić information content (AvgIpc) is 2.89. The minimum Gasteiger partial charge on any atom is -0.394 e. The number of ether oxygens (including phenoxy) is 1. The molecule has 2 heterocycles. The third-order valence-electron chi connectivity index (χ3n) is 4.26. The minimum absolute atomic E-state index is 0.105. The van der Waals surface area contributed by atoms with Crippen LogP contribution in [0.4, 0.5) is 13.2 Å². The lowest BCUT2D eigenvalue weighted by atomic mass is 10.1. The molecule has 0 aliphatic carbocycles. The lowest BCUT2D eigenvalue weighted by Gasteiger charge is -2.18. The van der Waals surface area contributed by atoms with Crippen LogP contribution in [0.2, 0.25) is 0 Å². The molecule has 0 saturated carbocycles. The molecule has 1 fully saturated rings. The van der Waals surface area contributed by atoms with Gasteiger partial charge in [-0.05, 0) is 17.7 Å². The number of alkyl halides is 3. The number of hydrogen-bond donors (Lipinski definition) is 4. The van der Waals surface area contributed by atoms with Crippen LogP contribution in [0.15, 0.2) is 40.1 Å². The van der Waals surface area contributed by atoms with E-state index in [1.54, 1.807) is 0 Å². The minimum atomic E-state index is -4.62. The zero-order valence-corrected chi connectivity index (χ0v) is 13.6. The van der Waals surface area contributed by atoms with Crippen LogP contribution < -0.4 is 11.2 Å². The number of aliphatic hydroxyl groups is 3. The van der Waals surface area contributed by atoms with Gasteiger partial charge in [0.2, 0.25) is 0 Å². The molecular weight excluding hydrogens is 373 g/mol. The van der Waals surface area contributed by atoms with E-state index >= 15 is 0 Å². The molecule has 0 amide bonds. The Morgan fingerprint density at radius 2 is 1.89 bits per heavy atom. The molecule has 11 heteroatoms. The quantitative estimate of drug-likeness (QED) is 0.579.